The summed E-state index contributed by atoms with van der Waals surface area (Å²) < 4.78 is 16.3. The van der Waals surface area contributed by atoms with Gasteiger partial charge in [-0.2, -0.15) is 5.26 Å². The Kier molecular flexibility index (Phi) is 9.81. The molecule has 11 heteroatoms. The number of cyclic esters (lactones) is 2. The number of likely N-dealkylation sites (N-methyl/N-ethyl adjacent to an activating group) is 1. The Morgan fingerprint density at radius 1 is 1.04 bits per heavy atom. The van der Waals surface area contributed by atoms with E-state index < -0.39 is 12.3 Å². The van der Waals surface area contributed by atoms with Crippen LogP contribution in [0, 0.1) is 11.3 Å². The third-order valence-electron chi connectivity index (χ3n) is 8.87. The van der Waals surface area contributed by atoms with Gasteiger partial charge in [0.1, 0.15) is 18.4 Å². The molecular weight excluding hydrogens is 627 g/mol. The van der Waals surface area contributed by atoms with E-state index in [0.29, 0.717) is 27.7 Å². The Balaban J connectivity index is 1.15. The number of carbonyl (C=O) groups is 2. The second kappa shape index (κ2) is 14.1. The Morgan fingerprint density at radius 3 is 2.54 bits per heavy atom. The van der Waals surface area contributed by atoms with Crippen molar-refractivity contribution in [3.05, 3.63) is 105 Å². The van der Waals surface area contributed by atoms with Crippen LogP contribution in [0.1, 0.15) is 45.6 Å². The first-order valence-electron chi connectivity index (χ1n) is 15.3. The Hall–Kier alpha value is -4.07. The van der Waals surface area contributed by atoms with Gasteiger partial charge in [-0.05, 0) is 65.7 Å². The molecule has 0 N–H and O–H groups in total. The fraction of sp³-hybridized carbons (Fsp3) is 0.343. The number of amides is 1. The van der Waals surface area contributed by atoms with Crippen LogP contribution < -0.4 is 0 Å². The Bertz CT molecular complexity index is 1750. The van der Waals surface area contributed by atoms with Crippen LogP contribution in [-0.2, 0) is 9.47 Å². The zero-order valence-corrected chi connectivity index (χ0v) is 26.9. The normalized spacial score (nSPS) is 18.5. The van der Waals surface area contributed by atoms with Crippen molar-refractivity contribution >= 4 is 46.0 Å². The SMILES string of the molecule is CN(CC(CCN1CCN(C(c2ccco2)C2COC(=O)O2)CC1)c1ccc(Cl)c(Cl)c1)C(=O)c1cc(C#N)cc2ccccc12. The van der Waals surface area contributed by atoms with Gasteiger partial charge < -0.3 is 23.7 Å². The van der Waals surface area contributed by atoms with Crippen LogP contribution in [0.15, 0.2) is 77.4 Å². The number of fused-ring (bicyclic) bond motifs is 1. The number of hydrogen-bond donors (Lipinski definition) is 0. The molecule has 1 aromatic heterocycles. The molecule has 0 spiro atoms. The van der Waals surface area contributed by atoms with Crippen LogP contribution in [0.2, 0.25) is 10.0 Å². The van der Waals surface area contributed by atoms with Crippen molar-refractivity contribution in [3.8, 4) is 6.07 Å². The van der Waals surface area contributed by atoms with Gasteiger partial charge in [0.05, 0.1) is 27.9 Å². The number of ether oxygens (including phenoxy) is 2. The molecule has 46 heavy (non-hydrogen) atoms. The van der Waals surface area contributed by atoms with Crippen LogP contribution in [0.25, 0.3) is 10.8 Å². The Labute approximate surface area is 277 Å². The van der Waals surface area contributed by atoms with Gasteiger partial charge in [-0.1, -0.05) is 53.5 Å². The summed E-state index contributed by atoms with van der Waals surface area (Å²) >= 11 is 12.7. The molecule has 1 amide bonds. The Morgan fingerprint density at radius 2 is 1.85 bits per heavy atom. The third kappa shape index (κ3) is 7.01. The molecule has 2 fully saturated rings. The van der Waals surface area contributed by atoms with Gasteiger partial charge in [0, 0.05) is 51.3 Å². The number of carbonyl (C=O) groups excluding carboxylic acids is 2. The molecule has 3 unspecified atom stereocenters. The van der Waals surface area contributed by atoms with Gasteiger partial charge in [-0.25, -0.2) is 4.79 Å². The number of halogens is 2. The quantitative estimate of drug-likeness (QED) is 0.172. The van der Waals surface area contributed by atoms with E-state index in [-0.39, 0.29) is 24.5 Å². The summed E-state index contributed by atoms with van der Waals surface area (Å²) in [5.74, 6) is 0.586. The lowest BCUT2D eigenvalue weighted by Gasteiger charge is -2.40. The topological polar surface area (TPSA) is 99.2 Å². The van der Waals surface area contributed by atoms with E-state index in [4.69, 9.17) is 37.1 Å². The van der Waals surface area contributed by atoms with Crippen molar-refractivity contribution in [1.82, 2.24) is 14.7 Å². The van der Waals surface area contributed by atoms with Crippen LogP contribution in [0.5, 0.6) is 0 Å². The number of benzene rings is 3. The van der Waals surface area contributed by atoms with Crippen LogP contribution in [0.4, 0.5) is 4.79 Å². The van der Waals surface area contributed by atoms with E-state index in [1.54, 1.807) is 36.4 Å². The molecule has 2 aliphatic rings. The van der Waals surface area contributed by atoms with Crippen LogP contribution >= 0.6 is 23.2 Å². The summed E-state index contributed by atoms with van der Waals surface area (Å²) in [5.41, 5.74) is 1.96. The molecule has 0 saturated carbocycles. The monoisotopic (exact) mass is 660 g/mol. The number of nitriles is 1. The first-order chi connectivity index (χ1) is 22.3. The van der Waals surface area contributed by atoms with Gasteiger partial charge in [-0.15, -0.1) is 0 Å². The van der Waals surface area contributed by atoms with Crippen molar-refractivity contribution in [2.75, 3.05) is 52.9 Å². The van der Waals surface area contributed by atoms with E-state index in [9.17, 15) is 14.9 Å². The van der Waals surface area contributed by atoms with E-state index >= 15 is 0 Å². The molecule has 3 atom stereocenters. The first-order valence-corrected chi connectivity index (χ1v) is 16.0. The molecule has 3 heterocycles. The molecule has 6 rings (SSSR count). The molecule has 238 valence electrons. The van der Waals surface area contributed by atoms with Gasteiger partial charge in [0.2, 0.25) is 0 Å². The standard InChI is InChI=1S/C35H34Cl2N4O5/c1-39(34(42)28-18-23(20-38)17-25-5-2-3-6-27(25)28)21-26(24-8-9-29(36)30(37)19-24)10-11-40-12-14-41(15-13-40)33(31-7-4-16-44-31)32-22-45-35(43)46-32/h2-9,16-19,26,32-33H,10-15,21-22H2,1H3. The zero-order chi connectivity index (χ0) is 32.2. The molecule has 0 radical (unpaired) electrons. The zero-order valence-electron chi connectivity index (χ0n) is 25.4. The molecular formula is C35H34Cl2N4O5. The van der Waals surface area contributed by atoms with Gasteiger partial charge in [0.25, 0.3) is 5.91 Å². The van der Waals surface area contributed by atoms with Crippen LogP contribution in [0.3, 0.4) is 0 Å². The highest BCUT2D eigenvalue weighted by molar-refractivity contribution is 6.42. The summed E-state index contributed by atoms with van der Waals surface area (Å²) in [4.78, 5) is 32.0. The second-order valence-corrected chi connectivity index (χ2v) is 12.6. The van der Waals surface area contributed by atoms with E-state index in [2.05, 4.69) is 15.9 Å². The number of hydrogen-bond acceptors (Lipinski definition) is 8. The lowest BCUT2D eigenvalue weighted by molar-refractivity contribution is 0.0175. The average Bonchev–Trinajstić information content (AvgIpc) is 3.76. The highest BCUT2D eigenvalue weighted by Crippen LogP contribution is 2.33. The second-order valence-electron chi connectivity index (χ2n) is 11.8. The minimum atomic E-state index is -0.650. The predicted molar refractivity (Wildman–Crippen MR) is 175 cm³/mol. The minimum absolute atomic E-state index is 0.0157. The lowest BCUT2D eigenvalue weighted by Crippen LogP contribution is -2.50. The number of furan rings is 1. The minimum Gasteiger partial charge on any atom is -0.468 e. The highest BCUT2D eigenvalue weighted by Gasteiger charge is 2.40. The molecule has 3 aromatic carbocycles. The van der Waals surface area contributed by atoms with E-state index in [1.165, 1.54) is 0 Å². The molecule has 2 aliphatic heterocycles. The maximum atomic E-state index is 13.9. The maximum Gasteiger partial charge on any atom is 0.508 e. The van der Waals surface area contributed by atoms with Gasteiger partial charge in [-0.3, -0.25) is 9.69 Å². The number of rotatable bonds is 10. The van der Waals surface area contributed by atoms with Crippen molar-refractivity contribution in [2.45, 2.75) is 24.5 Å². The van der Waals surface area contributed by atoms with Crippen molar-refractivity contribution in [2.24, 2.45) is 0 Å². The summed E-state index contributed by atoms with van der Waals surface area (Å²) in [6.07, 6.45) is 1.33. The molecule has 0 aliphatic carbocycles. The van der Waals surface area contributed by atoms with Gasteiger partial charge in [0.15, 0.2) is 6.10 Å². The predicted octanol–water partition coefficient (Wildman–Crippen LogP) is 6.75. The fourth-order valence-electron chi connectivity index (χ4n) is 6.46. The number of piperazine rings is 1. The van der Waals surface area contributed by atoms with Crippen LogP contribution in [-0.4, -0.2) is 85.8 Å². The summed E-state index contributed by atoms with van der Waals surface area (Å²) in [6.45, 7) is 4.60. The first kappa shape index (κ1) is 31.9. The molecule has 0 bridgehead atoms. The third-order valence-corrected chi connectivity index (χ3v) is 9.61. The van der Waals surface area contributed by atoms with E-state index in [1.807, 2.05) is 48.5 Å². The fourth-order valence-corrected chi connectivity index (χ4v) is 6.77. The molecule has 2 saturated heterocycles. The van der Waals surface area contributed by atoms with Gasteiger partial charge >= 0.3 is 6.16 Å². The number of nitrogens with zero attached hydrogens (tertiary/aromatic N) is 4. The smallest absolute Gasteiger partial charge is 0.468 e. The largest absolute Gasteiger partial charge is 0.508 e. The maximum absolute atomic E-state index is 13.9. The average molecular weight is 662 g/mol. The lowest BCUT2D eigenvalue weighted by atomic mass is 9.94. The summed E-state index contributed by atoms with van der Waals surface area (Å²) in [5, 5.41) is 12.2. The van der Waals surface area contributed by atoms with Crippen molar-refractivity contribution < 1.29 is 23.5 Å². The molecule has 4 aromatic rings. The van der Waals surface area contributed by atoms with E-state index in [0.717, 1.165) is 61.2 Å². The summed E-state index contributed by atoms with van der Waals surface area (Å²) in [7, 11) is 1.80. The highest BCUT2D eigenvalue weighted by atomic mass is 35.5. The summed E-state index contributed by atoms with van der Waals surface area (Å²) in [6, 6.07) is 22.4. The van der Waals surface area contributed by atoms with Crippen molar-refractivity contribution in [3.63, 3.8) is 0 Å². The van der Waals surface area contributed by atoms with Crippen molar-refractivity contribution in [1.29, 1.82) is 5.26 Å². The molecule has 9 nitrogen and oxygen atoms in total.